The summed E-state index contributed by atoms with van der Waals surface area (Å²) in [6, 6.07) is 6.74. The Morgan fingerprint density at radius 2 is 2.21 bits per heavy atom. The molecule has 2 amide bonds. The number of likely N-dealkylation sites (tertiary alicyclic amines) is 1. The van der Waals surface area contributed by atoms with Crippen molar-refractivity contribution in [3.05, 3.63) is 54.2 Å². The van der Waals surface area contributed by atoms with Crippen molar-refractivity contribution in [2.24, 2.45) is 0 Å². The number of aromatic nitrogens is 1. The van der Waals surface area contributed by atoms with Gasteiger partial charge in [0.1, 0.15) is 6.04 Å². The van der Waals surface area contributed by atoms with E-state index in [-0.39, 0.29) is 17.6 Å². The first kappa shape index (κ1) is 16.2. The van der Waals surface area contributed by atoms with Crippen LogP contribution in [0.3, 0.4) is 0 Å². The van der Waals surface area contributed by atoms with Crippen molar-refractivity contribution >= 4 is 11.8 Å². The maximum absolute atomic E-state index is 12.5. The normalized spacial score (nSPS) is 17.5. The molecule has 2 aromatic heterocycles. The van der Waals surface area contributed by atoms with Gasteiger partial charge in [-0.15, -0.1) is 0 Å². The van der Waals surface area contributed by atoms with Gasteiger partial charge in [0.05, 0.1) is 6.26 Å². The fourth-order valence-electron chi connectivity index (χ4n) is 2.98. The summed E-state index contributed by atoms with van der Waals surface area (Å²) in [6.45, 7) is 1.12. The molecule has 0 radical (unpaired) electrons. The third kappa shape index (κ3) is 3.82. The summed E-state index contributed by atoms with van der Waals surface area (Å²) in [4.78, 5) is 30.7. The number of carbonyl (C=O) groups is 2. The van der Waals surface area contributed by atoms with Crippen LogP contribution in [0, 0.1) is 0 Å². The van der Waals surface area contributed by atoms with Crippen LogP contribution in [0.25, 0.3) is 0 Å². The molecule has 1 aliphatic rings. The van der Waals surface area contributed by atoms with Gasteiger partial charge in [-0.05, 0) is 49.4 Å². The summed E-state index contributed by atoms with van der Waals surface area (Å²) >= 11 is 0. The molecule has 0 aromatic carbocycles. The van der Waals surface area contributed by atoms with Gasteiger partial charge in [-0.3, -0.25) is 14.6 Å². The number of nitrogens with one attached hydrogen (secondary N) is 1. The monoisotopic (exact) mass is 327 g/mol. The summed E-state index contributed by atoms with van der Waals surface area (Å²) in [5, 5.41) is 2.94. The fraction of sp³-hybridized carbons (Fsp3) is 0.389. The molecule has 3 rings (SSSR count). The molecule has 1 saturated heterocycles. The Morgan fingerprint density at radius 3 is 2.96 bits per heavy atom. The third-order valence-electron chi connectivity index (χ3n) is 4.23. The topological polar surface area (TPSA) is 75.4 Å². The molecule has 0 spiro atoms. The van der Waals surface area contributed by atoms with Gasteiger partial charge in [0.25, 0.3) is 5.91 Å². The van der Waals surface area contributed by atoms with Gasteiger partial charge in [0, 0.05) is 25.5 Å². The van der Waals surface area contributed by atoms with Crippen LogP contribution >= 0.6 is 0 Å². The van der Waals surface area contributed by atoms with Crippen LogP contribution in [0.4, 0.5) is 0 Å². The standard InChI is InChI=1S/C18H21N3O3/c22-17(20-10-8-14-5-3-9-19-13-14)15-6-1-2-11-21(15)18(23)16-7-4-12-24-16/h3-5,7,9,12-13,15H,1-2,6,8,10-11H2,(H,20,22). The summed E-state index contributed by atoms with van der Waals surface area (Å²) in [7, 11) is 0. The average Bonchev–Trinajstić information content (AvgIpc) is 3.16. The zero-order valence-electron chi connectivity index (χ0n) is 13.5. The van der Waals surface area contributed by atoms with E-state index in [9.17, 15) is 9.59 Å². The fourth-order valence-corrected chi connectivity index (χ4v) is 2.98. The average molecular weight is 327 g/mol. The molecule has 0 saturated carbocycles. The lowest BCUT2D eigenvalue weighted by Crippen LogP contribution is -2.52. The Balaban J connectivity index is 1.58. The van der Waals surface area contributed by atoms with E-state index in [4.69, 9.17) is 4.42 Å². The third-order valence-corrected chi connectivity index (χ3v) is 4.23. The molecule has 0 bridgehead atoms. The van der Waals surface area contributed by atoms with Crippen molar-refractivity contribution in [2.75, 3.05) is 13.1 Å². The molecule has 1 aliphatic heterocycles. The number of nitrogens with zero attached hydrogens (tertiary/aromatic N) is 2. The molecule has 3 heterocycles. The van der Waals surface area contributed by atoms with Crippen LogP contribution in [-0.2, 0) is 11.2 Å². The molecule has 1 fully saturated rings. The summed E-state index contributed by atoms with van der Waals surface area (Å²) in [5.41, 5.74) is 1.07. The lowest BCUT2D eigenvalue weighted by Gasteiger charge is -2.34. The number of furan rings is 1. The number of amides is 2. The smallest absolute Gasteiger partial charge is 0.290 e. The Kier molecular flexibility index (Phi) is 5.25. The van der Waals surface area contributed by atoms with Crippen molar-refractivity contribution in [3.63, 3.8) is 0 Å². The maximum Gasteiger partial charge on any atom is 0.290 e. The van der Waals surface area contributed by atoms with Crippen molar-refractivity contribution < 1.29 is 14.0 Å². The highest BCUT2D eigenvalue weighted by Crippen LogP contribution is 2.20. The molecule has 1 N–H and O–H groups in total. The quantitative estimate of drug-likeness (QED) is 0.912. The number of piperidine rings is 1. The Labute approximate surface area is 140 Å². The van der Waals surface area contributed by atoms with E-state index in [1.807, 2.05) is 12.1 Å². The molecule has 2 aromatic rings. The SMILES string of the molecule is O=C(NCCc1cccnc1)C1CCCCN1C(=O)c1ccco1. The number of rotatable bonds is 5. The van der Waals surface area contributed by atoms with Gasteiger partial charge in [-0.2, -0.15) is 0 Å². The second-order valence-corrected chi connectivity index (χ2v) is 5.89. The van der Waals surface area contributed by atoms with Gasteiger partial charge >= 0.3 is 0 Å². The number of hydrogen-bond acceptors (Lipinski definition) is 4. The van der Waals surface area contributed by atoms with E-state index in [1.165, 1.54) is 6.26 Å². The second kappa shape index (κ2) is 7.77. The zero-order valence-corrected chi connectivity index (χ0v) is 13.5. The predicted molar refractivity (Wildman–Crippen MR) is 88.3 cm³/mol. The van der Waals surface area contributed by atoms with E-state index in [1.54, 1.807) is 29.4 Å². The van der Waals surface area contributed by atoms with Crippen molar-refractivity contribution in [2.45, 2.75) is 31.7 Å². The second-order valence-electron chi connectivity index (χ2n) is 5.89. The molecule has 24 heavy (non-hydrogen) atoms. The van der Waals surface area contributed by atoms with Crippen LogP contribution in [0.5, 0.6) is 0 Å². The number of pyridine rings is 1. The van der Waals surface area contributed by atoms with E-state index in [0.29, 0.717) is 19.5 Å². The Morgan fingerprint density at radius 1 is 1.29 bits per heavy atom. The van der Waals surface area contributed by atoms with Gasteiger partial charge in [-0.25, -0.2) is 0 Å². The van der Waals surface area contributed by atoms with Crippen LogP contribution in [-0.4, -0.2) is 40.8 Å². The van der Waals surface area contributed by atoms with Crippen molar-refractivity contribution in [3.8, 4) is 0 Å². The zero-order chi connectivity index (χ0) is 16.8. The lowest BCUT2D eigenvalue weighted by molar-refractivity contribution is -0.126. The van der Waals surface area contributed by atoms with Gasteiger partial charge < -0.3 is 14.6 Å². The van der Waals surface area contributed by atoms with E-state index in [0.717, 1.165) is 24.8 Å². The van der Waals surface area contributed by atoms with E-state index < -0.39 is 6.04 Å². The number of carbonyl (C=O) groups excluding carboxylic acids is 2. The van der Waals surface area contributed by atoms with E-state index in [2.05, 4.69) is 10.3 Å². The Hall–Kier alpha value is -2.63. The minimum Gasteiger partial charge on any atom is -0.459 e. The van der Waals surface area contributed by atoms with E-state index >= 15 is 0 Å². The molecular weight excluding hydrogens is 306 g/mol. The predicted octanol–water partition coefficient (Wildman–Crippen LogP) is 2.03. The highest BCUT2D eigenvalue weighted by Gasteiger charge is 2.33. The van der Waals surface area contributed by atoms with Crippen LogP contribution in [0.15, 0.2) is 47.3 Å². The summed E-state index contributed by atoms with van der Waals surface area (Å²) in [5.74, 6) is -0.0318. The molecule has 1 unspecified atom stereocenters. The summed E-state index contributed by atoms with van der Waals surface area (Å²) < 4.78 is 5.19. The minimum atomic E-state index is -0.426. The first-order chi connectivity index (χ1) is 11.8. The highest BCUT2D eigenvalue weighted by atomic mass is 16.3. The molecule has 0 aliphatic carbocycles. The van der Waals surface area contributed by atoms with Crippen LogP contribution in [0.2, 0.25) is 0 Å². The first-order valence-corrected chi connectivity index (χ1v) is 8.27. The first-order valence-electron chi connectivity index (χ1n) is 8.27. The molecular formula is C18H21N3O3. The van der Waals surface area contributed by atoms with Crippen LogP contribution in [0.1, 0.15) is 35.4 Å². The largest absolute Gasteiger partial charge is 0.459 e. The molecule has 126 valence electrons. The van der Waals surface area contributed by atoms with Gasteiger partial charge in [0.2, 0.25) is 5.91 Å². The summed E-state index contributed by atoms with van der Waals surface area (Å²) in [6.07, 6.45) is 8.25. The van der Waals surface area contributed by atoms with Crippen molar-refractivity contribution in [1.29, 1.82) is 0 Å². The van der Waals surface area contributed by atoms with Gasteiger partial charge in [-0.1, -0.05) is 6.07 Å². The molecule has 6 heteroatoms. The molecule has 6 nitrogen and oxygen atoms in total. The van der Waals surface area contributed by atoms with Crippen LogP contribution < -0.4 is 5.32 Å². The van der Waals surface area contributed by atoms with Gasteiger partial charge in [0.15, 0.2) is 5.76 Å². The Bertz CT molecular complexity index is 670. The maximum atomic E-state index is 12.5. The highest BCUT2D eigenvalue weighted by molar-refractivity contribution is 5.95. The minimum absolute atomic E-state index is 0.0986. The van der Waals surface area contributed by atoms with Crippen molar-refractivity contribution in [1.82, 2.24) is 15.2 Å². The lowest BCUT2D eigenvalue weighted by atomic mass is 10.0. The number of hydrogen-bond donors (Lipinski definition) is 1. The molecule has 1 atom stereocenters.